The average Bonchev–Trinajstić information content (AvgIpc) is 3.19. The van der Waals surface area contributed by atoms with E-state index in [1.807, 2.05) is 46.6 Å². The summed E-state index contributed by atoms with van der Waals surface area (Å²) >= 11 is 0. The zero-order valence-electron chi connectivity index (χ0n) is 13.7. The fourth-order valence-electron chi connectivity index (χ4n) is 3.23. The van der Waals surface area contributed by atoms with Crippen LogP contribution in [0, 0.1) is 5.92 Å². The van der Waals surface area contributed by atoms with Gasteiger partial charge in [0.2, 0.25) is 5.91 Å². The number of nitrogens with zero attached hydrogens (tertiary/aromatic N) is 4. The predicted molar refractivity (Wildman–Crippen MR) is 91.2 cm³/mol. The molecule has 1 atom stereocenters. The zero-order chi connectivity index (χ0) is 16.5. The van der Waals surface area contributed by atoms with E-state index in [1.165, 1.54) is 0 Å². The second-order valence-corrected chi connectivity index (χ2v) is 6.32. The number of aromatic nitrogens is 4. The normalized spacial score (nSPS) is 15.5. The number of rotatable bonds is 6. The lowest BCUT2D eigenvalue weighted by molar-refractivity contribution is -0.122. The molecule has 124 valence electrons. The minimum absolute atomic E-state index is 0.0129. The van der Waals surface area contributed by atoms with Crippen LogP contribution in [-0.4, -0.2) is 25.2 Å². The van der Waals surface area contributed by atoms with E-state index in [1.54, 1.807) is 6.33 Å². The van der Waals surface area contributed by atoms with Crippen LogP contribution in [0.1, 0.15) is 31.6 Å². The average molecular weight is 323 g/mol. The Balaban J connectivity index is 1.52. The Bertz CT molecular complexity index is 861. The zero-order valence-corrected chi connectivity index (χ0v) is 13.7. The van der Waals surface area contributed by atoms with E-state index in [9.17, 15) is 4.79 Å². The van der Waals surface area contributed by atoms with Gasteiger partial charge in [-0.3, -0.25) is 4.79 Å². The van der Waals surface area contributed by atoms with Crippen LogP contribution in [0.2, 0.25) is 0 Å². The van der Waals surface area contributed by atoms with E-state index in [0.29, 0.717) is 12.5 Å². The minimum Gasteiger partial charge on any atom is -0.344 e. The summed E-state index contributed by atoms with van der Waals surface area (Å²) in [6.45, 7) is 3.11. The van der Waals surface area contributed by atoms with E-state index in [-0.39, 0.29) is 11.9 Å². The van der Waals surface area contributed by atoms with Gasteiger partial charge in [0.15, 0.2) is 0 Å². The molecule has 0 aliphatic heterocycles. The summed E-state index contributed by atoms with van der Waals surface area (Å²) in [4.78, 5) is 17.0. The Labute approximate surface area is 140 Å². The SMILES string of the molecule is CCn1ncnc1C(NC(=O)Cn1ccc2ccccc21)C1CC1. The lowest BCUT2D eigenvalue weighted by Gasteiger charge is -2.18. The first kappa shape index (κ1) is 14.9. The van der Waals surface area contributed by atoms with Gasteiger partial charge in [0, 0.05) is 18.3 Å². The molecule has 1 fully saturated rings. The third kappa shape index (κ3) is 2.79. The molecule has 2 heterocycles. The number of aryl methyl sites for hydroxylation is 1. The first-order valence-electron chi connectivity index (χ1n) is 8.47. The summed E-state index contributed by atoms with van der Waals surface area (Å²) in [5.41, 5.74) is 1.08. The predicted octanol–water partition coefficient (Wildman–Crippen LogP) is 2.52. The van der Waals surface area contributed by atoms with Crippen molar-refractivity contribution in [2.75, 3.05) is 0 Å². The van der Waals surface area contributed by atoms with Crippen molar-refractivity contribution in [3.63, 3.8) is 0 Å². The number of para-hydroxylation sites is 1. The first-order chi connectivity index (χ1) is 11.8. The van der Waals surface area contributed by atoms with E-state index in [4.69, 9.17) is 0 Å². The largest absolute Gasteiger partial charge is 0.344 e. The number of amides is 1. The molecule has 1 N–H and O–H groups in total. The molecule has 1 unspecified atom stereocenters. The molecular formula is C18H21N5O. The maximum Gasteiger partial charge on any atom is 0.240 e. The van der Waals surface area contributed by atoms with Gasteiger partial charge in [-0.15, -0.1) is 0 Å². The van der Waals surface area contributed by atoms with Gasteiger partial charge in [-0.2, -0.15) is 5.10 Å². The van der Waals surface area contributed by atoms with E-state index < -0.39 is 0 Å². The van der Waals surface area contributed by atoms with Gasteiger partial charge in [0.25, 0.3) is 0 Å². The first-order valence-corrected chi connectivity index (χ1v) is 8.47. The van der Waals surface area contributed by atoms with Crippen LogP contribution in [0.5, 0.6) is 0 Å². The van der Waals surface area contributed by atoms with E-state index >= 15 is 0 Å². The third-order valence-corrected chi connectivity index (χ3v) is 4.63. The molecule has 2 aromatic heterocycles. The fraction of sp³-hybridized carbons (Fsp3) is 0.389. The molecule has 1 aliphatic rings. The van der Waals surface area contributed by atoms with Gasteiger partial charge in [-0.05, 0) is 43.2 Å². The van der Waals surface area contributed by atoms with E-state index in [0.717, 1.165) is 36.1 Å². The maximum atomic E-state index is 12.6. The number of hydrogen-bond acceptors (Lipinski definition) is 3. The van der Waals surface area contributed by atoms with Crippen LogP contribution in [0.4, 0.5) is 0 Å². The van der Waals surface area contributed by atoms with Crippen molar-refractivity contribution in [1.82, 2.24) is 24.6 Å². The Kier molecular flexibility index (Phi) is 3.80. The van der Waals surface area contributed by atoms with E-state index in [2.05, 4.69) is 21.5 Å². The molecule has 1 amide bonds. The summed E-state index contributed by atoms with van der Waals surface area (Å²) in [7, 11) is 0. The molecule has 3 aromatic rings. The summed E-state index contributed by atoms with van der Waals surface area (Å²) in [5.74, 6) is 1.36. The number of fused-ring (bicyclic) bond motifs is 1. The summed E-state index contributed by atoms with van der Waals surface area (Å²) < 4.78 is 3.85. The minimum atomic E-state index is -0.0400. The van der Waals surface area contributed by atoms with Crippen molar-refractivity contribution >= 4 is 16.8 Å². The van der Waals surface area contributed by atoms with Crippen LogP contribution >= 0.6 is 0 Å². The van der Waals surface area contributed by atoms with Gasteiger partial charge < -0.3 is 9.88 Å². The molecule has 6 heteroatoms. The van der Waals surface area contributed by atoms with Crippen LogP contribution in [-0.2, 0) is 17.9 Å². The summed E-state index contributed by atoms with van der Waals surface area (Å²) in [6, 6.07) is 10.1. The van der Waals surface area contributed by atoms with Crippen LogP contribution < -0.4 is 5.32 Å². The lowest BCUT2D eigenvalue weighted by Crippen LogP contribution is -2.34. The highest BCUT2D eigenvalue weighted by Gasteiger charge is 2.36. The van der Waals surface area contributed by atoms with Crippen molar-refractivity contribution in [2.45, 2.75) is 38.9 Å². The molecule has 1 saturated carbocycles. The number of nitrogens with one attached hydrogen (secondary N) is 1. The molecule has 0 spiro atoms. The number of hydrogen-bond donors (Lipinski definition) is 1. The Morgan fingerprint density at radius 1 is 1.33 bits per heavy atom. The highest BCUT2D eigenvalue weighted by Crippen LogP contribution is 2.40. The van der Waals surface area contributed by atoms with Crippen molar-refractivity contribution in [1.29, 1.82) is 0 Å². The topological polar surface area (TPSA) is 64.7 Å². The molecular weight excluding hydrogens is 302 g/mol. The van der Waals surface area contributed by atoms with Gasteiger partial charge in [0.1, 0.15) is 18.7 Å². The smallest absolute Gasteiger partial charge is 0.240 e. The fourth-order valence-corrected chi connectivity index (χ4v) is 3.23. The summed E-state index contributed by atoms with van der Waals surface area (Å²) in [6.07, 6.45) is 5.80. The molecule has 1 aromatic carbocycles. The molecule has 0 radical (unpaired) electrons. The lowest BCUT2D eigenvalue weighted by atomic mass is 10.1. The van der Waals surface area contributed by atoms with Gasteiger partial charge in [-0.1, -0.05) is 18.2 Å². The van der Waals surface area contributed by atoms with Crippen molar-refractivity contribution in [2.24, 2.45) is 5.92 Å². The van der Waals surface area contributed by atoms with Gasteiger partial charge in [0.05, 0.1) is 6.04 Å². The second kappa shape index (κ2) is 6.11. The Hall–Kier alpha value is -2.63. The highest BCUT2D eigenvalue weighted by molar-refractivity contribution is 5.83. The molecule has 6 nitrogen and oxygen atoms in total. The van der Waals surface area contributed by atoms with Crippen molar-refractivity contribution in [3.05, 3.63) is 48.7 Å². The Morgan fingerprint density at radius 2 is 2.17 bits per heavy atom. The van der Waals surface area contributed by atoms with Crippen LogP contribution in [0.3, 0.4) is 0 Å². The molecule has 0 saturated heterocycles. The van der Waals surface area contributed by atoms with Crippen molar-refractivity contribution in [3.8, 4) is 0 Å². The number of benzene rings is 1. The molecule has 24 heavy (non-hydrogen) atoms. The summed E-state index contributed by atoms with van der Waals surface area (Å²) in [5, 5.41) is 8.56. The Morgan fingerprint density at radius 3 is 2.96 bits per heavy atom. The number of carbonyl (C=O) groups excluding carboxylic acids is 1. The second-order valence-electron chi connectivity index (χ2n) is 6.32. The third-order valence-electron chi connectivity index (χ3n) is 4.63. The quantitative estimate of drug-likeness (QED) is 0.758. The monoisotopic (exact) mass is 323 g/mol. The van der Waals surface area contributed by atoms with Gasteiger partial charge in [-0.25, -0.2) is 9.67 Å². The standard InChI is InChI=1S/C18H21N5O/c1-2-23-18(19-12-20-23)17(14-7-8-14)21-16(24)11-22-10-9-13-5-3-4-6-15(13)22/h3-6,9-10,12,14,17H,2,7-8,11H2,1H3,(H,21,24). The molecule has 4 rings (SSSR count). The van der Waals surface area contributed by atoms with Crippen LogP contribution in [0.15, 0.2) is 42.9 Å². The highest BCUT2D eigenvalue weighted by atomic mass is 16.2. The maximum absolute atomic E-state index is 12.6. The van der Waals surface area contributed by atoms with Crippen LogP contribution in [0.25, 0.3) is 10.9 Å². The molecule has 1 aliphatic carbocycles. The number of carbonyl (C=O) groups is 1. The van der Waals surface area contributed by atoms with Gasteiger partial charge >= 0.3 is 0 Å². The molecule has 0 bridgehead atoms. The van der Waals surface area contributed by atoms with Crippen molar-refractivity contribution < 1.29 is 4.79 Å².